The molecule has 0 atom stereocenters. The largest absolute Gasteiger partial charge is 1.00 e. The number of anilines is 2. The lowest BCUT2D eigenvalue weighted by Crippen LogP contribution is -3.00. The molecule has 0 unspecified atom stereocenters. The van der Waals surface area contributed by atoms with Crippen molar-refractivity contribution in [2.75, 3.05) is 59.4 Å². The first-order chi connectivity index (χ1) is 20.1. The Bertz CT molecular complexity index is 1620. The predicted octanol–water partition coefficient (Wildman–Crippen LogP) is 1.34. The fourth-order valence-corrected chi connectivity index (χ4v) is 4.25. The van der Waals surface area contributed by atoms with Crippen molar-refractivity contribution in [2.45, 2.75) is 13.3 Å². The zero-order chi connectivity index (χ0) is 30.3. The van der Waals surface area contributed by atoms with Crippen LogP contribution in [-0.2, 0) is 11.2 Å². The summed E-state index contributed by atoms with van der Waals surface area (Å²) in [6.45, 7) is 3.91. The molecule has 4 rings (SSSR count). The smallest absolute Gasteiger partial charge is 0.251 e. The minimum atomic E-state index is -1.19. The molecule has 0 radical (unpaired) electrons. The maximum atomic E-state index is 14.9. The van der Waals surface area contributed by atoms with Crippen molar-refractivity contribution in [3.63, 3.8) is 0 Å². The van der Waals surface area contributed by atoms with Crippen LogP contribution in [0, 0.1) is 23.0 Å². The second kappa shape index (κ2) is 15.0. The number of nitriles is 1. The first kappa shape index (κ1) is 33.6. The molecule has 0 bridgehead atoms. The lowest BCUT2D eigenvalue weighted by Gasteiger charge is -2.23. The Morgan fingerprint density at radius 3 is 2.63 bits per heavy atom. The van der Waals surface area contributed by atoms with Gasteiger partial charge in [0.1, 0.15) is 12.6 Å². The molecule has 2 N–H and O–H groups in total. The van der Waals surface area contributed by atoms with Gasteiger partial charge >= 0.3 is 0 Å². The van der Waals surface area contributed by atoms with E-state index in [4.69, 9.17) is 14.7 Å². The average molecular weight is 706 g/mol. The number of ether oxygens (including phenoxy) is 2. The fraction of sp³-hybridized carbons (Fsp3) is 0.333. The number of benzene rings is 2. The molecule has 2 heterocycles. The predicted molar refractivity (Wildman–Crippen MR) is 155 cm³/mol. The number of halogens is 3. The van der Waals surface area contributed by atoms with E-state index in [0.717, 1.165) is 16.6 Å². The molecule has 0 aliphatic carbocycles. The van der Waals surface area contributed by atoms with Gasteiger partial charge in [-0.15, -0.1) is 0 Å². The normalized spacial score (nSPS) is 11.1. The van der Waals surface area contributed by atoms with Crippen LogP contribution in [0.3, 0.4) is 0 Å². The molecular weight excluding hydrogens is 671 g/mol. The molecule has 10 nitrogen and oxygen atoms in total. The molecule has 0 fully saturated rings. The van der Waals surface area contributed by atoms with Crippen molar-refractivity contribution in [3.05, 3.63) is 71.7 Å². The highest BCUT2D eigenvalue weighted by molar-refractivity contribution is 5.96. The lowest BCUT2D eigenvalue weighted by atomic mass is 10.0. The van der Waals surface area contributed by atoms with Gasteiger partial charge in [-0.3, -0.25) is 9.20 Å². The monoisotopic (exact) mass is 705 g/mol. The van der Waals surface area contributed by atoms with Crippen LogP contribution in [0.2, 0.25) is 0 Å². The summed E-state index contributed by atoms with van der Waals surface area (Å²) < 4.78 is 42.5. The molecule has 228 valence electrons. The van der Waals surface area contributed by atoms with Gasteiger partial charge in [-0.1, -0.05) is 6.92 Å². The van der Waals surface area contributed by atoms with Gasteiger partial charge in [-0.2, -0.15) is 9.65 Å². The van der Waals surface area contributed by atoms with E-state index in [1.807, 2.05) is 13.0 Å². The van der Waals surface area contributed by atoms with Crippen LogP contribution in [0.15, 0.2) is 48.9 Å². The number of amides is 1. The molecule has 0 aliphatic rings. The van der Waals surface area contributed by atoms with Crippen LogP contribution in [0.25, 0.3) is 16.9 Å². The Hall–Kier alpha value is -3.87. The summed E-state index contributed by atoms with van der Waals surface area (Å²) >= 11 is 0. The van der Waals surface area contributed by atoms with E-state index in [9.17, 15) is 13.6 Å². The standard InChI is InChI=1S/C30H33F2N7O3.HI/c1-5-20-18-21(6-7-22(20)30(40)35-12-16-41-17-14-39(2,3)4)37-28-29-36-19-24(38(29)13-11-34-28)23-8-9-25(42-15-10-33)27(32)26(23)31;/h6-9,11,13,18-19H,5,12,14-17H2,1-4H3,(H-,34,35,37,40);1H. The number of carbonyl (C=O) groups is 1. The maximum Gasteiger partial charge on any atom is 0.251 e. The number of nitrogens with zero attached hydrogens (tertiary/aromatic N) is 5. The molecule has 1 amide bonds. The van der Waals surface area contributed by atoms with Gasteiger partial charge in [-0.05, 0) is 42.3 Å². The third-order valence-electron chi connectivity index (χ3n) is 6.47. The lowest BCUT2D eigenvalue weighted by molar-refractivity contribution is -0.870. The highest BCUT2D eigenvalue weighted by Gasteiger charge is 2.20. The number of carbonyl (C=O) groups excluding carboxylic acids is 1. The Kier molecular flexibility index (Phi) is 11.8. The van der Waals surface area contributed by atoms with Gasteiger partial charge in [0.25, 0.3) is 5.91 Å². The van der Waals surface area contributed by atoms with Crippen LogP contribution < -0.4 is 39.3 Å². The maximum absolute atomic E-state index is 14.9. The van der Waals surface area contributed by atoms with Crippen LogP contribution in [0.1, 0.15) is 22.8 Å². The Morgan fingerprint density at radius 2 is 1.91 bits per heavy atom. The number of hydrogen-bond donors (Lipinski definition) is 2. The van der Waals surface area contributed by atoms with Crippen molar-refractivity contribution < 1.29 is 51.5 Å². The van der Waals surface area contributed by atoms with Crippen LogP contribution >= 0.6 is 0 Å². The van der Waals surface area contributed by atoms with Gasteiger partial charge in [0, 0.05) is 35.8 Å². The summed E-state index contributed by atoms with van der Waals surface area (Å²) in [5.74, 6) is -2.43. The highest BCUT2D eigenvalue weighted by Crippen LogP contribution is 2.32. The van der Waals surface area contributed by atoms with Crippen LogP contribution in [0.4, 0.5) is 20.3 Å². The number of fused-ring (bicyclic) bond motifs is 1. The number of quaternary nitrogens is 1. The number of aromatic nitrogens is 3. The molecule has 4 aromatic rings. The van der Waals surface area contributed by atoms with E-state index in [1.54, 1.807) is 28.8 Å². The zero-order valence-corrected chi connectivity index (χ0v) is 26.6. The minimum Gasteiger partial charge on any atom is -1.00 e. The Labute approximate surface area is 266 Å². The number of nitrogens with one attached hydrogen (secondary N) is 2. The molecule has 2 aromatic heterocycles. The number of aryl methyl sites for hydroxylation is 1. The molecule has 0 aliphatic heterocycles. The van der Waals surface area contributed by atoms with Gasteiger partial charge in [-0.25, -0.2) is 14.4 Å². The Morgan fingerprint density at radius 1 is 1.12 bits per heavy atom. The van der Waals surface area contributed by atoms with Gasteiger partial charge in [0.05, 0.1) is 46.2 Å². The summed E-state index contributed by atoms with van der Waals surface area (Å²) in [7, 11) is 6.29. The number of rotatable bonds is 13. The van der Waals surface area contributed by atoms with Crippen molar-refractivity contribution in [3.8, 4) is 23.1 Å². The summed E-state index contributed by atoms with van der Waals surface area (Å²) in [6.07, 6.45) is 5.16. The van der Waals surface area contributed by atoms with E-state index in [-0.39, 0.29) is 41.2 Å². The summed E-state index contributed by atoms with van der Waals surface area (Å²) in [4.78, 5) is 21.6. The molecule has 13 heteroatoms. The van der Waals surface area contributed by atoms with Gasteiger partial charge in [0.2, 0.25) is 5.82 Å². The molecule has 2 aromatic carbocycles. The summed E-state index contributed by atoms with van der Waals surface area (Å²) in [5, 5.41) is 14.8. The summed E-state index contributed by atoms with van der Waals surface area (Å²) in [5.41, 5.74) is 2.78. The second-order valence-corrected chi connectivity index (χ2v) is 10.5. The molecule has 0 spiro atoms. The van der Waals surface area contributed by atoms with Crippen molar-refractivity contribution in [2.24, 2.45) is 0 Å². The third-order valence-corrected chi connectivity index (χ3v) is 6.47. The third kappa shape index (κ3) is 8.37. The molecule has 0 saturated heterocycles. The van der Waals surface area contributed by atoms with E-state index in [2.05, 4.69) is 41.7 Å². The van der Waals surface area contributed by atoms with Gasteiger partial charge < -0.3 is 48.6 Å². The number of hydrogen-bond acceptors (Lipinski definition) is 7. The first-order valence-corrected chi connectivity index (χ1v) is 13.5. The van der Waals surface area contributed by atoms with E-state index >= 15 is 0 Å². The fourth-order valence-electron chi connectivity index (χ4n) is 4.25. The van der Waals surface area contributed by atoms with Crippen LogP contribution in [-0.4, -0.2) is 78.8 Å². The van der Waals surface area contributed by atoms with Gasteiger partial charge in [0.15, 0.2) is 29.6 Å². The van der Waals surface area contributed by atoms with E-state index in [1.165, 1.54) is 24.5 Å². The molecular formula is C30H34F2IN7O3. The summed E-state index contributed by atoms with van der Waals surface area (Å²) in [6, 6.07) is 9.76. The second-order valence-electron chi connectivity index (χ2n) is 10.5. The number of imidazole rings is 1. The van der Waals surface area contributed by atoms with Crippen molar-refractivity contribution in [1.29, 1.82) is 5.26 Å². The Balaban J connectivity index is 0.00000506. The first-order valence-electron chi connectivity index (χ1n) is 13.5. The quantitative estimate of drug-likeness (QED) is 0.123. The van der Waals surface area contributed by atoms with Crippen molar-refractivity contribution in [1.82, 2.24) is 19.7 Å². The SMILES string of the molecule is CCc1cc(Nc2nccn3c(-c4ccc(OCC#N)c(F)c4F)cnc23)ccc1C(=O)NCCOCC[N+](C)(C)C.[I-]. The average Bonchev–Trinajstić information content (AvgIpc) is 3.40. The number of likely N-dealkylation sites (N-methyl/N-ethyl adjacent to an activating group) is 1. The topological polar surface area (TPSA) is 114 Å². The molecule has 43 heavy (non-hydrogen) atoms. The zero-order valence-electron chi connectivity index (χ0n) is 24.5. The highest BCUT2D eigenvalue weighted by atomic mass is 127. The van der Waals surface area contributed by atoms with E-state index in [0.29, 0.717) is 54.6 Å². The molecule has 0 saturated carbocycles. The van der Waals surface area contributed by atoms with Crippen LogP contribution in [0.5, 0.6) is 5.75 Å². The van der Waals surface area contributed by atoms with E-state index < -0.39 is 18.2 Å². The van der Waals surface area contributed by atoms with Crippen molar-refractivity contribution >= 4 is 23.1 Å². The minimum absolute atomic E-state index is 0.